The van der Waals surface area contributed by atoms with E-state index in [2.05, 4.69) is 5.32 Å². The first-order valence-electron chi connectivity index (χ1n) is 7.22. The number of fused-ring (bicyclic) bond motifs is 1. The minimum absolute atomic E-state index is 0.0374. The number of para-hydroxylation sites is 1. The Hall–Kier alpha value is -3.19. The van der Waals surface area contributed by atoms with Crippen molar-refractivity contribution in [3.8, 4) is 0 Å². The molecule has 0 aliphatic carbocycles. The second-order valence-electron chi connectivity index (χ2n) is 5.38. The summed E-state index contributed by atoms with van der Waals surface area (Å²) < 4.78 is 1.68. The van der Waals surface area contributed by atoms with Crippen molar-refractivity contribution in [1.82, 2.24) is 4.57 Å². The molecule has 3 rings (SSSR count). The van der Waals surface area contributed by atoms with Crippen LogP contribution in [-0.2, 0) is 7.05 Å². The molecule has 0 unspecified atom stereocenters. The number of aryl methyl sites for hydroxylation is 1. The Bertz CT molecular complexity index is 1080. The number of nitrogens with one attached hydrogen (secondary N) is 1. The van der Waals surface area contributed by atoms with Gasteiger partial charge in [0.15, 0.2) is 0 Å². The Balaban J connectivity index is 2.01. The van der Waals surface area contributed by atoms with Gasteiger partial charge >= 0.3 is 0 Å². The minimum Gasteiger partial charge on any atom is -0.350 e. The van der Waals surface area contributed by atoms with Crippen molar-refractivity contribution < 1.29 is 9.72 Å². The topological polar surface area (TPSA) is 94.2 Å². The summed E-state index contributed by atoms with van der Waals surface area (Å²) in [6, 6.07) is 10.8. The molecule has 3 aromatic rings. The van der Waals surface area contributed by atoms with Gasteiger partial charge in [0.2, 0.25) is 5.43 Å². The number of halogens is 1. The van der Waals surface area contributed by atoms with Crippen molar-refractivity contribution in [3.05, 3.63) is 79.6 Å². The van der Waals surface area contributed by atoms with Gasteiger partial charge in [-0.25, -0.2) is 0 Å². The molecular weight excluding hydrogens is 346 g/mol. The lowest BCUT2D eigenvalue weighted by Gasteiger charge is -2.09. The molecule has 0 bridgehead atoms. The molecule has 0 fully saturated rings. The number of rotatable bonds is 3. The number of hydrogen-bond donors (Lipinski definition) is 1. The summed E-state index contributed by atoms with van der Waals surface area (Å²) in [5.41, 5.74) is 0.0850. The summed E-state index contributed by atoms with van der Waals surface area (Å²) in [4.78, 5) is 35.3. The number of anilines is 1. The largest absolute Gasteiger partial charge is 0.350 e. The fourth-order valence-electron chi connectivity index (χ4n) is 2.53. The van der Waals surface area contributed by atoms with Gasteiger partial charge < -0.3 is 9.88 Å². The minimum atomic E-state index is -0.650. The zero-order valence-corrected chi connectivity index (χ0v) is 13.8. The summed E-state index contributed by atoms with van der Waals surface area (Å²) in [5.74, 6) is -0.650. The van der Waals surface area contributed by atoms with E-state index in [0.717, 1.165) is 6.07 Å². The maximum Gasteiger partial charge on any atom is 0.289 e. The number of amides is 1. The van der Waals surface area contributed by atoms with E-state index >= 15 is 0 Å². The number of nitrogens with zero attached hydrogens (tertiary/aromatic N) is 2. The van der Waals surface area contributed by atoms with Gasteiger partial charge in [0.25, 0.3) is 11.6 Å². The lowest BCUT2D eigenvalue weighted by molar-refractivity contribution is -0.384. The Morgan fingerprint density at radius 3 is 2.68 bits per heavy atom. The van der Waals surface area contributed by atoms with E-state index in [-0.39, 0.29) is 22.0 Å². The standard InChI is InChI=1S/C17H12ClN3O4/c1-20-9-12(16(22)11-4-2-3-5-14(11)20)17(23)19-10-6-7-13(18)15(8-10)21(24)25/h2-9H,1H3,(H,19,23). The predicted octanol–water partition coefficient (Wildman–Crippen LogP) is 3.35. The molecule has 1 aromatic heterocycles. The molecule has 0 saturated carbocycles. The van der Waals surface area contributed by atoms with Crippen LogP contribution < -0.4 is 10.7 Å². The molecule has 2 aromatic carbocycles. The van der Waals surface area contributed by atoms with E-state index in [9.17, 15) is 19.7 Å². The fraction of sp³-hybridized carbons (Fsp3) is 0.0588. The molecule has 7 nitrogen and oxygen atoms in total. The number of carbonyl (C=O) groups is 1. The highest BCUT2D eigenvalue weighted by molar-refractivity contribution is 6.32. The van der Waals surface area contributed by atoms with Gasteiger partial charge in [-0.3, -0.25) is 19.7 Å². The second-order valence-corrected chi connectivity index (χ2v) is 5.78. The second kappa shape index (κ2) is 6.37. The highest BCUT2D eigenvalue weighted by Gasteiger charge is 2.17. The summed E-state index contributed by atoms with van der Waals surface area (Å²) in [6.07, 6.45) is 1.43. The number of aromatic nitrogens is 1. The molecule has 1 N–H and O–H groups in total. The lowest BCUT2D eigenvalue weighted by atomic mass is 10.1. The number of pyridine rings is 1. The van der Waals surface area contributed by atoms with Crippen molar-refractivity contribution in [2.45, 2.75) is 0 Å². The molecule has 0 radical (unpaired) electrons. The maximum atomic E-state index is 12.5. The SMILES string of the molecule is Cn1cc(C(=O)Nc2ccc(Cl)c([N+](=O)[O-])c2)c(=O)c2ccccc21. The third kappa shape index (κ3) is 3.09. The summed E-state index contributed by atoms with van der Waals surface area (Å²) in [7, 11) is 1.73. The van der Waals surface area contributed by atoms with E-state index in [1.165, 1.54) is 18.3 Å². The van der Waals surface area contributed by atoms with E-state index in [0.29, 0.717) is 10.9 Å². The number of benzene rings is 2. The van der Waals surface area contributed by atoms with Crippen LogP contribution in [0, 0.1) is 10.1 Å². The third-order valence-electron chi connectivity index (χ3n) is 3.74. The van der Waals surface area contributed by atoms with Gasteiger partial charge in [-0.1, -0.05) is 23.7 Å². The monoisotopic (exact) mass is 357 g/mol. The Morgan fingerprint density at radius 2 is 1.96 bits per heavy atom. The van der Waals surface area contributed by atoms with Crippen molar-refractivity contribution in [2.24, 2.45) is 7.05 Å². The maximum absolute atomic E-state index is 12.5. The highest BCUT2D eigenvalue weighted by Crippen LogP contribution is 2.27. The Kier molecular flexibility index (Phi) is 4.24. The van der Waals surface area contributed by atoms with Crippen molar-refractivity contribution in [2.75, 3.05) is 5.32 Å². The van der Waals surface area contributed by atoms with Crippen LogP contribution >= 0.6 is 11.6 Å². The van der Waals surface area contributed by atoms with Crippen molar-refractivity contribution in [3.63, 3.8) is 0 Å². The highest BCUT2D eigenvalue weighted by atomic mass is 35.5. The number of nitro benzene ring substituents is 1. The van der Waals surface area contributed by atoms with Gasteiger partial charge in [0.1, 0.15) is 10.6 Å². The average Bonchev–Trinajstić information content (AvgIpc) is 2.59. The van der Waals surface area contributed by atoms with Gasteiger partial charge in [-0.15, -0.1) is 0 Å². The van der Waals surface area contributed by atoms with Crippen LogP contribution in [0.2, 0.25) is 5.02 Å². The molecule has 0 saturated heterocycles. The van der Waals surface area contributed by atoms with Gasteiger partial charge in [0.05, 0.1) is 10.4 Å². The third-order valence-corrected chi connectivity index (χ3v) is 4.06. The molecule has 0 aliphatic heterocycles. The van der Waals surface area contributed by atoms with Crippen LogP contribution in [0.25, 0.3) is 10.9 Å². The van der Waals surface area contributed by atoms with E-state index < -0.39 is 16.3 Å². The van der Waals surface area contributed by atoms with E-state index in [1.54, 1.807) is 35.9 Å². The van der Waals surface area contributed by atoms with Crippen molar-refractivity contribution in [1.29, 1.82) is 0 Å². The molecule has 1 heterocycles. The number of nitro groups is 1. The summed E-state index contributed by atoms with van der Waals surface area (Å²) >= 11 is 5.75. The zero-order valence-electron chi connectivity index (χ0n) is 13.0. The zero-order chi connectivity index (χ0) is 18.1. The van der Waals surface area contributed by atoms with Crippen LogP contribution in [0.5, 0.6) is 0 Å². The predicted molar refractivity (Wildman–Crippen MR) is 95.2 cm³/mol. The van der Waals surface area contributed by atoms with Gasteiger partial charge in [-0.05, 0) is 24.3 Å². The van der Waals surface area contributed by atoms with Crippen LogP contribution in [0.3, 0.4) is 0 Å². The van der Waals surface area contributed by atoms with E-state index in [1.807, 2.05) is 0 Å². The number of carbonyl (C=O) groups excluding carboxylic acids is 1. The van der Waals surface area contributed by atoms with Crippen molar-refractivity contribution >= 4 is 39.8 Å². The van der Waals surface area contributed by atoms with Gasteiger partial charge in [-0.2, -0.15) is 0 Å². The van der Waals surface area contributed by atoms with Crippen LogP contribution in [0.15, 0.2) is 53.5 Å². The molecule has 126 valence electrons. The van der Waals surface area contributed by atoms with Crippen LogP contribution in [0.4, 0.5) is 11.4 Å². The molecule has 0 aliphatic rings. The van der Waals surface area contributed by atoms with Crippen LogP contribution in [-0.4, -0.2) is 15.4 Å². The molecule has 8 heteroatoms. The lowest BCUT2D eigenvalue weighted by Crippen LogP contribution is -2.23. The summed E-state index contributed by atoms with van der Waals surface area (Å²) in [5, 5.41) is 13.8. The summed E-state index contributed by atoms with van der Waals surface area (Å²) in [6.45, 7) is 0. The fourth-order valence-corrected chi connectivity index (χ4v) is 2.72. The molecule has 1 amide bonds. The van der Waals surface area contributed by atoms with Crippen LogP contribution in [0.1, 0.15) is 10.4 Å². The first kappa shape index (κ1) is 16.7. The Morgan fingerprint density at radius 1 is 1.24 bits per heavy atom. The van der Waals surface area contributed by atoms with E-state index in [4.69, 9.17) is 11.6 Å². The molecule has 25 heavy (non-hydrogen) atoms. The molecular formula is C17H12ClN3O4. The quantitative estimate of drug-likeness (QED) is 0.574. The number of hydrogen-bond acceptors (Lipinski definition) is 4. The Labute approximate surface area is 146 Å². The molecule has 0 spiro atoms. The smallest absolute Gasteiger partial charge is 0.289 e. The average molecular weight is 358 g/mol. The first-order valence-corrected chi connectivity index (χ1v) is 7.60. The molecule has 0 atom stereocenters. The normalized spacial score (nSPS) is 10.6. The van der Waals surface area contributed by atoms with Gasteiger partial charge in [0, 0.05) is 30.4 Å². The first-order chi connectivity index (χ1) is 11.9.